The zero-order valence-electron chi connectivity index (χ0n) is 6.00. The number of rotatable bonds is 0. The maximum Gasteiger partial charge on any atom is 0.324 e. The molecule has 0 aliphatic heterocycles. The molecule has 0 fully saturated rings. The highest BCUT2D eigenvalue weighted by Crippen LogP contribution is 2.05. The molecule has 4 nitrogen and oxygen atoms in total. The van der Waals surface area contributed by atoms with E-state index in [-0.39, 0.29) is 5.69 Å². The van der Waals surface area contributed by atoms with Gasteiger partial charge in [-0.25, -0.2) is 4.79 Å². The van der Waals surface area contributed by atoms with E-state index in [9.17, 15) is 4.79 Å². The van der Waals surface area contributed by atoms with Crippen LogP contribution in [0.1, 0.15) is 0 Å². The molecule has 0 spiro atoms. The molecule has 2 aromatic rings. The summed E-state index contributed by atoms with van der Waals surface area (Å²) < 4.78 is 0.418. The fourth-order valence-electron chi connectivity index (χ4n) is 1.01. The third kappa shape index (κ3) is 1.04. The van der Waals surface area contributed by atoms with E-state index in [4.69, 9.17) is 12.2 Å². The van der Waals surface area contributed by atoms with E-state index < -0.39 is 0 Å². The van der Waals surface area contributed by atoms with E-state index in [1.54, 1.807) is 18.5 Å². The lowest BCUT2D eigenvalue weighted by atomic mass is 10.3. The van der Waals surface area contributed by atoms with Crippen molar-refractivity contribution in [1.29, 1.82) is 0 Å². The molecular weight excluding hydrogens is 174 g/mol. The van der Waals surface area contributed by atoms with Gasteiger partial charge in [-0.3, -0.25) is 9.97 Å². The van der Waals surface area contributed by atoms with Crippen LogP contribution >= 0.6 is 12.2 Å². The summed E-state index contributed by atoms with van der Waals surface area (Å²) in [6, 6.07) is 1.71. The van der Waals surface area contributed by atoms with Crippen LogP contribution in [0.5, 0.6) is 0 Å². The SMILES string of the molecule is O=c1[nH]c(=S)c2cnccc2[nH]1. The first-order valence-electron chi connectivity index (χ1n) is 3.34. The van der Waals surface area contributed by atoms with E-state index in [1.165, 1.54) is 0 Å². The molecule has 2 rings (SSSR count). The Kier molecular flexibility index (Phi) is 1.51. The molecule has 0 aromatic carbocycles. The van der Waals surface area contributed by atoms with Crippen molar-refractivity contribution in [3.05, 3.63) is 33.6 Å². The second kappa shape index (κ2) is 2.53. The lowest BCUT2D eigenvalue weighted by Gasteiger charge is -1.94. The first kappa shape index (κ1) is 7.17. The Morgan fingerprint density at radius 1 is 1.42 bits per heavy atom. The number of aromatic amines is 2. The number of nitrogens with zero attached hydrogens (tertiary/aromatic N) is 1. The van der Waals surface area contributed by atoms with Gasteiger partial charge in [0.25, 0.3) is 0 Å². The van der Waals surface area contributed by atoms with Crippen LogP contribution in [0.3, 0.4) is 0 Å². The van der Waals surface area contributed by atoms with Crippen LogP contribution in [0.2, 0.25) is 0 Å². The van der Waals surface area contributed by atoms with Gasteiger partial charge in [-0.15, -0.1) is 0 Å². The summed E-state index contributed by atoms with van der Waals surface area (Å²) in [5.41, 5.74) is 0.414. The topological polar surface area (TPSA) is 61.5 Å². The fourth-order valence-corrected chi connectivity index (χ4v) is 1.26. The number of H-pyrrole nitrogens is 2. The Morgan fingerprint density at radius 2 is 2.25 bits per heavy atom. The molecule has 0 saturated heterocycles. The summed E-state index contributed by atoms with van der Waals surface area (Å²) in [6.07, 6.45) is 3.22. The molecule has 0 amide bonds. The smallest absolute Gasteiger partial charge is 0.307 e. The average Bonchev–Trinajstić information content (AvgIpc) is 2.04. The number of nitrogens with one attached hydrogen (secondary N) is 2. The van der Waals surface area contributed by atoms with Gasteiger partial charge < -0.3 is 4.98 Å². The zero-order valence-corrected chi connectivity index (χ0v) is 6.81. The molecule has 0 bridgehead atoms. The molecule has 2 aromatic heterocycles. The lowest BCUT2D eigenvalue weighted by molar-refractivity contribution is 1.10. The Labute approximate surface area is 72.3 Å². The van der Waals surface area contributed by atoms with Crippen molar-refractivity contribution < 1.29 is 0 Å². The summed E-state index contributed by atoms with van der Waals surface area (Å²) in [5, 5.41) is 0.757. The Balaban J connectivity index is 3.09. The van der Waals surface area contributed by atoms with Crippen molar-refractivity contribution >= 4 is 23.1 Å². The zero-order chi connectivity index (χ0) is 8.55. The van der Waals surface area contributed by atoms with Crippen molar-refractivity contribution in [3.8, 4) is 0 Å². The molecule has 2 heterocycles. The van der Waals surface area contributed by atoms with Crippen molar-refractivity contribution in [2.75, 3.05) is 0 Å². The standard InChI is InChI=1S/C7H5N3OS/c11-7-9-5-1-2-8-3-4(5)6(12)10-7/h1-3H,(H2,9,10,11,12). The highest BCUT2D eigenvalue weighted by atomic mass is 32.1. The normalized spacial score (nSPS) is 10.3. The van der Waals surface area contributed by atoms with Gasteiger partial charge in [0.2, 0.25) is 0 Å². The molecule has 0 aliphatic carbocycles. The van der Waals surface area contributed by atoms with E-state index >= 15 is 0 Å². The molecule has 0 saturated carbocycles. The quantitative estimate of drug-likeness (QED) is 0.592. The first-order chi connectivity index (χ1) is 5.77. The average molecular weight is 179 g/mol. The summed E-state index contributed by atoms with van der Waals surface area (Å²) >= 11 is 4.93. The van der Waals surface area contributed by atoms with Crippen molar-refractivity contribution in [2.45, 2.75) is 0 Å². The minimum atomic E-state index is -0.293. The number of fused-ring (bicyclic) bond motifs is 1. The Bertz CT molecular complexity index is 528. The molecule has 12 heavy (non-hydrogen) atoms. The van der Waals surface area contributed by atoms with Gasteiger partial charge in [-0.2, -0.15) is 0 Å². The van der Waals surface area contributed by atoms with Gasteiger partial charge in [0, 0.05) is 12.4 Å². The number of pyridine rings is 1. The van der Waals surface area contributed by atoms with Gasteiger partial charge in [-0.1, -0.05) is 12.2 Å². The Morgan fingerprint density at radius 3 is 3.08 bits per heavy atom. The fraction of sp³-hybridized carbons (Fsp3) is 0. The van der Waals surface area contributed by atoms with Crippen LogP contribution in [0, 0.1) is 4.64 Å². The maximum atomic E-state index is 10.9. The summed E-state index contributed by atoms with van der Waals surface area (Å²) in [5.74, 6) is 0. The first-order valence-corrected chi connectivity index (χ1v) is 3.74. The maximum absolute atomic E-state index is 10.9. The third-order valence-corrected chi connectivity index (χ3v) is 1.86. The van der Waals surface area contributed by atoms with Crippen LogP contribution < -0.4 is 5.69 Å². The molecule has 0 aliphatic rings. The highest BCUT2D eigenvalue weighted by molar-refractivity contribution is 7.71. The van der Waals surface area contributed by atoms with Crippen molar-refractivity contribution in [1.82, 2.24) is 15.0 Å². The highest BCUT2D eigenvalue weighted by Gasteiger charge is 1.94. The van der Waals surface area contributed by atoms with Gasteiger partial charge in [0.15, 0.2) is 0 Å². The molecule has 0 radical (unpaired) electrons. The predicted octanol–water partition coefficient (Wildman–Crippen LogP) is 0.981. The van der Waals surface area contributed by atoms with E-state index in [0.29, 0.717) is 10.2 Å². The minimum absolute atomic E-state index is 0.293. The second-order valence-electron chi connectivity index (χ2n) is 2.33. The molecule has 2 N–H and O–H groups in total. The van der Waals surface area contributed by atoms with Crippen LogP contribution in [0.4, 0.5) is 0 Å². The largest absolute Gasteiger partial charge is 0.324 e. The summed E-state index contributed by atoms with van der Waals surface area (Å²) in [4.78, 5) is 19.9. The Hall–Kier alpha value is -1.49. The minimum Gasteiger partial charge on any atom is -0.307 e. The van der Waals surface area contributed by atoms with Crippen molar-refractivity contribution in [3.63, 3.8) is 0 Å². The summed E-state index contributed by atoms with van der Waals surface area (Å²) in [6.45, 7) is 0. The van der Waals surface area contributed by atoms with E-state index in [1.807, 2.05) is 0 Å². The molecule has 0 unspecified atom stereocenters. The third-order valence-electron chi connectivity index (χ3n) is 1.54. The van der Waals surface area contributed by atoms with E-state index in [2.05, 4.69) is 15.0 Å². The van der Waals surface area contributed by atoms with Crippen LogP contribution in [0.25, 0.3) is 10.9 Å². The van der Waals surface area contributed by atoms with Gasteiger partial charge in [0.1, 0.15) is 4.64 Å². The molecule has 60 valence electrons. The number of hydrogen-bond donors (Lipinski definition) is 2. The monoisotopic (exact) mass is 179 g/mol. The lowest BCUT2D eigenvalue weighted by Crippen LogP contribution is -2.09. The van der Waals surface area contributed by atoms with Gasteiger partial charge in [-0.05, 0) is 6.07 Å². The van der Waals surface area contributed by atoms with Crippen LogP contribution in [-0.4, -0.2) is 15.0 Å². The van der Waals surface area contributed by atoms with E-state index in [0.717, 1.165) is 5.39 Å². The molecule has 0 atom stereocenters. The van der Waals surface area contributed by atoms with Crippen LogP contribution in [0.15, 0.2) is 23.3 Å². The molecule has 5 heteroatoms. The predicted molar refractivity (Wildman–Crippen MR) is 47.5 cm³/mol. The van der Waals surface area contributed by atoms with Gasteiger partial charge in [0.05, 0.1) is 10.9 Å². The van der Waals surface area contributed by atoms with Gasteiger partial charge >= 0.3 is 5.69 Å². The van der Waals surface area contributed by atoms with Crippen LogP contribution in [-0.2, 0) is 0 Å². The summed E-state index contributed by atoms with van der Waals surface area (Å²) in [7, 11) is 0. The number of aromatic nitrogens is 3. The second-order valence-corrected chi connectivity index (χ2v) is 2.74. The number of hydrogen-bond acceptors (Lipinski definition) is 3. The van der Waals surface area contributed by atoms with Crippen molar-refractivity contribution in [2.24, 2.45) is 0 Å². The molecular formula is C7H5N3OS.